The number of hydrogen-bond donors (Lipinski definition) is 2. The maximum atomic E-state index is 12.5. The number of nitrogens with zero attached hydrogens (tertiary/aromatic N) is 2. The topological polar surface area (TPSA) is 93.1 Å². The highest BCUT2D eigenvalue weighted by atomic mass is 32.2. The van der Waals surface area contributed by atoms with Crippen molar-refractivity contribution in [1.82, 2.24) is 19.8 Å². The van der Waals surface area contributed by atoms with Gasteiger partial charge in [-0.25, -0.2) is 13.4 Å². The van der Waals surface area contributed by atoms with Crippen molar-refractivity contribution in [3.8, 4) is 0 Å². The molecule has 1 heterocycles. The van der Waals surface area contributed by atoms with E-state index in [1.54, 1.807) is 23.0 Å². The zero-order valence-electron chi connectivity index (χ0n) is 16.0. The van der Waals surface area contributed by atoms with Crippen LogP contribution in [0, 0.1) is 0 Å². The molecule has 1 aliphatic rings. The standard InChI is InChI=1S/C21H24N4O3S/c26-21(14-25-15-22-19-8-4-5-9-20(19)25)23-24-29(27,28)18-12-10-17(11-13-18)16-6-2-1-3-7-16/h4-5,8-13,15-16,24H,1-3,6-7,14H2,(H,23,26). The molecule has 0 atom stereocenters. The van der Waals surface area contributed by atoms with E-state index in [0.29, 0.717) is 5.92 Å². The fourth-order valence-corrected chi connectivity index (χ4v) is 4.73. The van der Waals surface area contributed by atoms with Gasteiger partial charge in [-0.05, 0) is 48.6 Å². The number of para-hydroxylation sites is 2. The van der Waals surface area contributed by atoms with Gasteiger partial charge in [-0.1, -0.05) is 43.5 Å². The molecule has 0 aliphatic heterocycles. The first-order valence-electron chi connectivity index (χ1n) is 9.83. The highest BCUT2D eigenvalue weighted by molar-refractivity contribution is 7.89. The van der Waals surface area contributed by atoms with Crippen LogP contribution in [0.3, 0.4) is 0 Å². The second kappa shape index (κ2) is 8.34. The molecule has 7 nitrogen and oxygen atoms in total. The Balaban J connectivity index is 1.37. The summed E-state index contributed by atoms with van der Waals surface area (Å²) in [6, 6.07) is 14.4. The van der Waals surface area contributed by atoms with Crippen LogP contribution in [0.5, 0.6) is 0 Å². The molecular formula is C21H24N4O3S. The van der Waals surface area contributed by atoms with Gasteiger partial charge in [0.05, 0.1) is 22.3 Å². The SMILES string of the molecule is O=C(Cn1cnc2ccccc21)NNS(=O)(=O)c1ccc(C2CCCCC2)cc1. The molecule has 4 rings (SSSR count). The third-order valence-electron chi connectivity index (χ3n) is 5.43. The number of sulfonamides is 1. The number of aromatic nitrogens is 2. The predicted molar refractivity (Wildman–Crippen MR) is 110 cm³/mol. The summed E-state index contributed by atoms with van der Waals surface area (Å²) in [7, 11) is -3.83. The average Bonchev–Trinajstić information content (AvgIpc) is 3.16. The number of nitrogens with one attached hydrogen (secondary N) is 2. The minimum atomic E-state index is -3.83. The second-order valence-corrected chi connectivity index (χ2v) is 9.10. The Bertz CT molecular complexity index is 1100. The Morgan fingerprint density at radius 3 is 2.52 bits per heavy atom. The fourth-order valence-electron chi connectivity index (χ4n) is 3.87. The third kappa shape index (κ3) is 4.49. The lowest BCUT2D eigenvalue weighted by molar-refractivity contribution is -0.122. The molecule has 1 amide bonds. The van der Waals surface area contributed by atoms with Gasteiger partial charge in [0.1, 0.15) is 6.54 Å². The van der Waals surface area contributed by atoms with Gasteiger partial charge in [0.2, 0.25) is 0 Å². The highest BCUT2D eigenvalue weighted by Crippen LogP contribution is 2.32. The maximum Gasteiger partial charge on any atom is 0.257 e. The molecule has 0 unspecified atom stereocenters. The molecular weight excluding hydrogens is 388 g/mol. The molecule has 0 radical (unpaired) electrons. The number of hydrogen-bond acceptors (Lipinski definition) is 4. The summed E-state index contributed by atoms with van der Waals surface area (Å²) in [5.41, 5.74) is 5.04. The van der Waals surface area contributed by atoms with E-state index in [1.807, 2.05) is 36.4 Å². The molecule has 1 aliphatic carbocycles. The van der Waals surface area contributed by atoms with Gasteiger partial charge in [0.25, 0.3) is 15.9 Å². The van der Waals surface area contributed by atoms with E-state index in [9.17, 15) is 13.2 Å². The van der Waals surface area contributed by atoms with E-state index in [2.05, 4.69) is 15.2 Å². The van der Waals surface area contributed by atoms with Crippen LogP contribution < -0.4 is 10.3 Å². The Morgan fingerprint density at radius 1 is 1.03 bits per heavy atom. The van der Waals surface area contributed by atoms with Crippen LogP contribution in [0.2, 0.25) is 0 Å². The summed E-state index contributed by atoms with van der Waals surface area (Å²) in [5, 5.41) is 0. The van der Waals surface area contributed by atoms with E-state index in [0.717, 1.165) is 23.9 Å². The number of imidazole rings is 1. The number of carbonyl (C=O) groups excluding carboxylic acids is 1. The van der Waals surface area contributed by atoms with Crippen LogP contribution in [0.15, 0.2) is 59.8 Å². The van der Waals surface area contributed by atoms with Crippen molar-refractivity contribution in [3.63, 3.8) is 0 Å². The van der Waals surface area contributed by atoms with Crippen LogP contribution >= 0.6 is 0 Å². The summed E-state index contributed by atoms with van der Waals surface area (Å²) in [6.45, 7) is -0.0380. The Morgan fingerprint density at radius 2 is 1.76 bits per heavy atom. The van der Waals surface area contributed by atoms with Crippen molar-refractivity contribution < 1.29 is 13.2 Å². The first-order chi connectivity index (χ1) is 14.0. The van der Waals surface area contributed by atoms with E-state index in [4.69, 9.17) is 0 Å². The predicted octanol–water partition coefficient (Wildman–Crippen LogP) is 3.09. The van der Waals surface area contributed by atoms with Crippen LogP contribution in [0.1, 0.15) is 43.6 Å². The van der Waals surface area contributed by atoms with Crippen molar-refractivity contribution >= 4 is 27.0 Å². The van der Waals surface area contributed by atoms with Crippen molar-refractivity contribution in [2.45, 2.75) is 49.5 Å². The summed E-state index contributed by atoms with van der Waals surface area (Å²) in [5.74, 6) is 0.0359. The molecule has 0 saturated heterocycles. The molecule has 8 heteroatoms. The summed E-state index contributed by atoms with van der Waals surface area (Å²) >= 11 is 0. The molecule has 152 valence electrons. The van der Waals surface area contributed by atoms with E-state index in [-0.39, 0.29) is 11.4 Å². The Labute approximate surface area is 170 Å². The normalized spacial score (nSPS) is 15.4. The number of amides is 1. The van der Waals surface area contributed by atoms with Crippen molar-refractivity contribution in [3.05, 3.63) is 60.4 Å². The summed E-state index contributed by atoms with van der Waals surface area (Å²) in [4.78, 5) is 18.7. The van der Waals surface area contributed by atoms with Crippen LogP contribution in [-0.2, 0) is 21.4 Å². The fraction of sp³-hybridized carbons (Fsp3) is 0.333. The number of rotatable bonds is 6. The molecule has 0 spiro atoms. The largest absolute Gasteiger partial charge is 0.321 e. The molecule has 1 aromatic heterocycles. The van der Waals surface area contributed by atoms with Gasteiger partial charge in [-0.2, -0.15) is 0 Å². The minimum Gasteiger partial charge on any atom is -0.321 e. The molecule has 0 bridgehead atoms. The molecule has 29 heavy (non-hydrogen) atoms. The van der Waals surface area contributed by atoms with E-state index >= 15 is 0 Å². The lowest BCUT2D eigenvalue weighted by Gasteiger charge is -2.22. The third-order valence-corrected chi connectivity index (χ3v) is 6.70. The van der Waals surface area contributed by atoms with Gasteiger partial charge in [-0.3, -0.25) is 10.2 Å². The molecule has 3 aromatic rings. The van der Waals surface area contributed by atoms with Crippen molar-refractivity contribution in [2.24, 2.45) is 0 Å². The van der Waals surface area contributed by atoms with Crippen molar-refractivity contribution in [2.75, 3.05) is 0 Å². The number of benzene rings is 2. The first kappa shape index (κ1) is 19.6. The maximum absolute atomic E-state index is 12.5. The van der Waals surface area contributed by atoms with Gasteiger partial charge in [0.15, 0.2) is 0 Å². The minimum absolute atomic E-state index is 0.0380. The van der Waals surface area contributed by atoms with Gasteiger partial charge in [-0.15, -0.1) is 4.83 Å². The second-order valence-electron chi connectivity index (χ2n) is 7.42. The average molecular weight is 413 g/mol. The lowest BCUT2D eigenvalue weighted by Crippen LogP contribution is -2.43. The zero-order valence-corrected chi connectivity index (χ0v) is 16.9. The number of carbonyl (C=O) groups is 1. The van der Waals surface area contributed by atoms with Crippen LogP contribution in [0.4, 0.5) is 0 Å². The smallest absolute Gasteiger partial charge is 0.257 e. The Kier molecular flexibility index (Phi) is 5.64. The molecule has 1 fully saturated rings. The summed E-state index contributed by atoms with van der Waals surface area (Å²) < 4.78 is 26.7. The number of hydrazine groups is 1. The number of fused-ring (bicyclic) bond motifs is 1. The zero-order chi connectivity index (χ0) is 20.3. The summed E-state index contributed by atoms with van der Waals surface area (Å²) in [6.07, 6.45) is 7.60. The Hall–Kier alpha value is -2.71. The van der Waals surface area contributed by atoms with Crippen molar-refractivity contribution in [1.29, 1.82) is 0 Å². The quantitative estimate of drug-likeness (QED) is 0.609. The lowest BCUT2D eigenvalue weighted by atomic mass is 9.84. The molecule has 2 aromatic carbocycles. The van der Waals surface area contributed by atoms with Crippen LogP contribution in [0.25, 0.3) is 11.0 Å². The first-order valence-corrected chi connectivity index (χ1v) is 11.3. The molecule has 2 N–H and O–H groups in total. The van der Waals surface area contributed by atoms with Gasteiger partial charge < -0.3 is 4.57 Å². The molecule has 1 saturated carbocycles. The van der Waals surface area contributed by atoms with E-state index in [1.165, 1.54) is 24.8 Å². The highest BCUT2D eigenvalue weighted by Gasteiger charge is 2.19. The van der Waals surface area contributed by atoms with E-state index < -0.39 is 15.9 Å². The monoisotopic (exact) mass is 412 g/mol. The van der Waals surface area contributed by atoms with Crippen LogP contribution in [-0.4, -0.2) is 23.9 Å². The van der Waals surface area contributed by atoms with Gasteiger partial charge >= 0.3 is 0 Å². The van der Waals surface area contributed by atoms with Gasteiger partial charge in [0, 0.05) is 0 Å².